The van der Waals surface area contributed by atoms with Crippen LogP contribution in [0.25, 0.3) is 0 Å². The first-order valence-electron chi connectivity index (χ1n) is 5.61. The average molecular weight is 305 g/mol. The van der Waals surface area contributed by atoms with Gasteiger partial charge in [0.15, 0.2) is 5.78 Å². The molecule has 2 nitrogen and oxygen atoms in total. The fraction of sp³-hybridized carbons (Fsp3) is 0.133. The molecule has 2 aromatic rings. The molecule has 0 bridgehead atoms. The van der Waals surface area contributed by atoms with E-state index in [1.54, 1.807) is 12.1 Å². The number of aryl methyl sites for hydroxylation is 1. The highest BCUT2D eigenvalue weighted by molar-refractivity contribution is 9.10. The maximum Gasteiger partial charge on any atom is 0.163 e. The predicted molar refractivity (Wildman–Crippen MR) is 75.4 cm³/mol. The Bertz CT molecular complexity index is 591. The van der Waals surface area contributed by atoms with Gasteiger partial charge in [-0.3, -0.25) is 4.79 Å². The summed E-state index contributed by atoms with van der Waals surface area (Å²) in [5.74, 6) is 1.30. The van der Waals surface area contributed by atoms with Crippen molar-refractivity contribution in [1.29, 1.82) is 0 Å². The van der Waals surface area contributed by atoms with Crippen LogP contribution in [-0.4, -0.2) is 5.78 Å². The lowest BCUT2D eigenvalue weighted by atomic mass is 10.1. The Labute approximate surface area is 115 Å². The topological polar surface area (TPSA) is 26.3 Å². The molecular formula is C15H13BrO2. The molecular weight excluding hydrogens is 292 g/mol. The molecule has 0 aliphatic heterocycles. The second kappa shape index (κ2) is 5.36. The van der Waals surface area contributed by atoms with E-state index < -0.39 is 0 Å². The minimum absolute atomic E-state index is 0.0149. The number of halogens is 1. The lowest BCUT2D eigenvalue weighted by molar-refractivity contribution is 0.101. The van der Waals surface area contributed by atoms with Crippen LogP contribution in [0.15, 0.2) is 46.9 Å². The number of benzene rings is 2. The Morgan fingerprint density at radius 3 is 2.61 bits per heavy atom. The van der Waals surface area contributed by atoms with Crippen molar-refractivity contribution in [2.75, 3.05) is 0 Å². The first-order chi connectivity index (χ1) is 8.56. The number of Topliss-reactive ketones (excluding diaryl/α,β-unsaturated/α-hetero) is 1. The van der Waals surface area contributed by atoms with Gasteiger partial charge in [-0.05, 0) is 49.7 Å². The molecule has 0 saturated heterocycles. The van der Waals surface area contributed by atoms with E-state index in [1.165, 1.54) is 6.92 Å². The van der Waals surface area contributed by atoms with Crippen molar-refractivity contribution in [2.24, 2.45) is 0 Å². The third kappa shape index (κ3) is 2.99. The van der Waals surface area contributed by atoms with Gasteiger partial charge in [0.25, 0.3) is 0 Å². The summed E-state index contributed by atoms with van der Waals surface area (Å²) in [6.07, 6.45) is 0. The summed E-state index contributed by atoms with van der Waals surface area (Å²) in [5, 5.41) is 0. The Kier molecular flexibility index (Phi) is 3.82. The largest absolute Gasteiger partial charge is 0.457 e. The summed E-state index contributed by atoms with van der Waals surface area (Å²) in [4.78, 5) is 11.6. The molecule has 2 rings (SSSR count). The smallest absolute Gasteiger partial charge is 0.163 e. The lowest BCUT2D eigenvalue weighted by Gasteiger charge is -2.10. The van der Waals surface area contributed by atoms with Gasteiger partial charge in [0.2, 0.25) is 0 Å². The first kappa shape index (κ1) is 12.8. The number of carbonyl (C=O) groups excluding carboxylic acids is 1. The molecule has 0 N–H and O–H groups in total. The van der Waals surface area contributed by atoms with E-state index in [9.17, 15) is 4.79 Å². The van der Waals surface area contributed by atoms with Crippen LogP contribution in [-0.2, 0) is 0 Å². The number of hydrogen-bond acceptors (Lipinski definition) is 2. The molecule has 18 heavy (non-hydrogen) atoms. The number of ether oxygens (including phenoxy) is 1. The Balaban J connectivity index is 2.37. The van der Waals surface area contributed by atoms with Crippen molar-refractivity contribution in [3.05, 3.63) is 58.1 Å². The monoisotopic (exact) mass is 304 g/mol. The van der Waals surface area contributed by atoms with E-state index in [-0.39, 0.29) is 5.78 Å². The van der Waals surface area contributed by atoms with E-state index in [1.807, 2.05) is 37.3 Å². The quantitative estimate of drug-likeness (QED) is 0.765. The summed E-state index contributed by atoms with van der Waals surface area (Å²) >= 11 is 3.35. The van der Waals surface area contributed by atoms with Crippen LogP contribution < -0.4 is 4.74 Å². The molecule has 0 saturated carbocycles. The molecule has 0 aliphatic carbocycles. The minimum Gasteiger partial charge on any atom is -0.457 e. The second-order valence-electron chi connectivity index (χ2n) is 4.12. The summed E-state index contributed by atoms with van der Waals surface area (Å²) in [5.41, 5.74) is 1.69. The summed E-state index contributed by atoms with van der Waals surface area (Å²) in [6, 6.07) is 13.2. The van der Waals surface area contributed by atoms with Crippen LogP contribution in [0.4, 0.5) is 0 Å². The highest BCUT2D eigenvalue weighted by atomic mass is 79.9. The number of carbonyl (C=O) groups is 1. The average Bonchev–Trinajstić information content (AvgIpc) is 2.31. The fourth-order valence-electron chi connectivity index (χ4n) is 1.67. The number of hydrogen-bond donors (Lipinski definition) is 0. The normalized spacial score (nSPS) is 10.2. The number of ketones is 1. The van der Waals surface area contributed by atoms with Crippen LogP contribution >= 0.6 is 15.9 Å². The molecule has 2 aromatic carbocycles. The first-order valence-corrected chi connectivity index (χ1v) is 6.40. The molecule has 0 atom stereocenters. The van der Waals surface area contributed by atoms with Crippen LogP contribution in [0.3, 0.4) is 0 Å². The zero-order valence-corrected chi connectivity index (χ0v) is 11.8. The van der Waals surface area contributed by atoms with Crippen LogP contribution in [0.1, 0.15) is 22.8 Å². The third-order valence-corrected chi connectivity index (χ3v) is 3.03. The molecule has 0 aromatic heterocycles. The summed E-state index contributed by atoms with van der Waals surface area (Å²) in [7, 11) is 0. The van der Waals surface area contributed by atoms with Crippen molar-refractivity contribution in [3.63, 3.8) is 0 Å². The zero-order chi connectivity index (χ0) is 13.1. The van der Waals surface area contributed by atoms with E-state index >= 15 is 0 Å². The van der Waals surface area contributed by atoms with Gasteiger partial charge in [-0.2, -0.15) is 0 Å². The third-order valence-electron chi connectivity index (χ3n) is 2.54. The van der Waals surface area contributed by atoms with Crippen molar-refractivity contribution in [2.45, 2.75) is 13.8 Å². The molecule has 3 heteroatoms. The molecule has 0 unspecified atom stereocenters. The van der Waals surface area contributed by atoms with Crippen LogP contribution in [0, 0.1) is 6.92 Å². The van der Waals surface area contributed by atoms with Gasteiger partial charge in [-0.25, -0.2) is 0 Å². The van der Waals surface area contributed by atoms with Gasteiger partial charge in [0.05, 0.1) is 5.56 Å². The zero-order valence-electron chi connectivity index (χ0n) is 10.2. The maximum atomic E-state index is 11.6. The molecule has 92 valence electrons. The van der Waals surface area contributed by atoms with Crippen LogP contribution in [0.2, 0.25) is 0 Å². The van der Waals surface area contributed by atoms with Gasteiger partial charge in [0, 0.05) is 4.47 Å². The van der Waals surface area contributed by atoms with E-state index in [0.717, 1.165) is 15.8 Å². The minimum atomic E-state index is -0.0149. The van der Waals surface area contributed by atoms with E-state index in [4.69, 9.17) is 4.74 Å². The molecule has 0 amide bonds. The van der Waals surface area contributed by atoms with Crippen molar-refractivity contribution < 1.29 is 9.53 Å². The number of rotatable bonds is 3. The maximum absolute atomic E-state index is 11.6. The lowest BCUT2D eigenvalue weighted by Crippen LogP contribution is -1.97. The van der Waals surface area contributed by atoms with Crippen LogP contribution in [0.5, 0.6) is 11.5 Å². The predicted octanol–water partition coefficient (Wildman–Crippen LogP) is 4.75. The van der Waals surface area contributed by atoms with Crippen molar-refractivity contribution in [1.82, 2.24) is 0 Å². The van der Waals surface area contributed by atoms with Gasteiger partial charge in [-0.15, -0.1) is 0 Å². The summed E-state index contributed by atoms with van der Waals surface area (Å²) in [6.45, 7) is 3.53. The van der Waals surface area contributed by atoms with Crippen molar-refractivity contribution >= 4 is 21.7 Å². The van der Waals surface area contributed by atoms with E-state index in [2.05, 4.69) is 15.9 Å². The van der Waals surface area contributed by atoms with Gasteiger partial charge < -0.3 is 4.74 Å². The molecule has 0 heterocycles. The Morgan fingerprint density at radius 1 is 1.17 bits per heavy atom. The SMILES string of the molecule is CC(=O)c1cc(Br)ccc1Oc1cccc(C)c1. The Morgan fingerprint density at radius 2 is 1.94 bits per heavy atom. The standard InChI is InChI=1S/C15H13BrO2/c1-10-4-3-5-13(8-10)18-15-7-6-12(16)9-14(15)11(2)17/h3-9H,1-2H3. The van der Waals surface area contributed by atoms with E-state index in [0.29, 0.717) is 11.3 Å². The Hall–Kier alpha value is -1.61. The molecule has 0 aliphatic rings. The highest BCUT2D eigenvalue weighted by Crippen LogP contribution is 2.28. The second-order valence-corrected chi connectivity index (χ2v) is 5.03. The van der Waals surface area contributed by atoms with Gasteiger partial charge in [0.1, 0.15) is 11.5 Å². The van der Waals surface area contributed by atoms with Gasteiger partial charge >= 0.3 is 0 Å². The molecule has 0 fully saturated rings. The van der Waals surface area contributed by atoms with Gasteiger partial charge in [-0.1, -0.05) is 28.1 Å². The molecule has 0 spiro atoms. The summed E-state index contributed by atoms with van der Waals surface area (Å²) < 4.78 is 6.63. The highest BCUT2D eigenvalue weighted by Gasteiger charge is 2.10. The molecule has 0 radical (unpaired) electrons. The van der Waals surface area contributed by atoms with Crippen molar-refractivity contribution in [3.8, 4) is 11.5 Å². The fourth-order valence-corrected chi connectivity index (χ4v) is 2.03.